The molecule has 0 radical (unpaired) electrons. The van der Waals surface area contributed by atoms with E-state index in [0.29, 0.717) is 30.0 Å². The van der Waals surface area contributed by atoms with Gasteiger partial charge in [-0.15, -0.1) is 0 Å². The summed E-state index contributed by atoms with van der Waals surface area (Å²) >= 11 is 0. The Morgan fingerprint density at radius 2 is 2.00 bits per heavy atom. The van der Waals surface area contributed by atoms with Crippen LogP contribution >= 0.6 is 0 Å². The van der Waals surface area contributed by atoms with Gasteiger partial charge in [0, 0.05) is 18.2 Å². The van der Waals surface area contributed by atoms with Crippen LogP contribution in [-0.2, 0) is 0 Å². The lowest BCUT2D eigenvalue weighted by Gasteiger charge is -2.22. The summed E-state index contributed by atoms with van der Waals surface area (Å²) < 4.78 is 10.4. The highest BCUT2D eigenvalue weighted by molar-refractivity contribution is 5.42. The minimum Gasteiger partial charge on any atom is -0.497 e. The molecule has 2 unspecified atom stereocenters. The van der Waals surface area contributed by atoms with E-state index in [2.05, 4.69) is 5.32 Å². The van der Waals surface area contributed by atoms with Crippen molar-refractivity contribution >= 4 is 0 Å². The summed E-state index contributed by atoms with van der Waals surface area (Å²) in [5, 5.41) is 22.3. The first-order valence-corrected chi connectivity index (χ1v) is 6.38. The first-order chi connectivity index (χ1) is 9.13. The molecule has 1 aromatic rings. The van der Waals surface area contributed by atoms with Crippen molar-refractivity contribution in [3.05, 3.63) is 23.8 Å². The SMILES string of the molecule is COc1ccc(OC)c(C(O)C(C)NCCCO)c1. The van der Waals surface area contributed by atoms with E-state index in [1.807, 2.05) is 6.92 Å². The largest absolute Gasteiger partial charge is 0.497 e. The predicted molar refractivity (Wildman–Crippen MR) is 73.7 cm³/mol. The van der Waals surface area contributed by atoms with Gasteiger partial charge in [-0.3, -0.25) is 0 Å². The Morgan fingerprint density at radius 3 is 2.58 bits per heavy atom. The zero-order chi connectivity index (χ0) is 14.3. The highest BCUT2D eigenvalue weighted by Gasteiger charge is 2.20. The molecule has 0 heterocycles. The highest BCUT2D eigenvalue weighted by atomic mass is 16.5. The van der Waals surface area contributed by atoms with Gasteiger partial charge >= 0.3 is 0 Å². The van der Waals surface area contributed by atoms with Crippen LogP contribution in [0.1, 0.15) is 25.0 Å². The topological polar surface area (TPSA) is 71.0 Å². The fourth-order valence-corrected chi connectivity index (χ4v) is 1.86. The minimum absolute atomic E-state index is 0.137. The molecule has 0 aliphatic rings. The molecule has 1 rings (SSSR count). The van der Waals surface area contributed by atoms with Crippen LogP contribution in [-0.4, -0.2) is 43.6 Å². The number of aliphatic hydroxyl groups excluding tert-OH is 2. The molecule has 0 amide bonds. The van der Waals surface area contributed by atoms with Crippen LogP contribution in [0, 0.1) is 0 Å². The van der Waals surface area contributed by atoms with Crippen molar-refractivity contribution in [1.29, 1.82) is 0 Å². The van der Waals surface area contributed by atoms with Gasteiger partial charge in [-0.2, -0.15) is 0 Å². The summed E-state index contributed by atoms with van der Waals surface area (Å²) in [6.45, 7) is 2.68. The third kappa shape index (κ3) is 4.38. The van der Waals surface area contributed by atoms with E-state index in [9.17, 15) is 5.11 Å². The molecule has 0 aromatic heterocycles. The van der Waals surface area contributed by atoms with Crippen LogP contribution < -0.4 is 14.8 Å². The van der Waals surface area contributed by atoms with E-state index in [1.54, 1.807) is 32.4 Å². The summed E-state index contributed by atoms with van der Waals surface area (Å²) in [4.78, 5) is 0. The summed E-state index contributed by atoms with van der Waals surface area (Å²) in [7, 11) is 3.16. The molecule has 1 aromatic carbocycles. The third-order valence-corrected chi connectivity index (χ3v) is 3.03. The second kappa shape index (κ2) is 7.99. The Kier molecular flexibility index (Phi) is 6.62. The van der Waals surface area contributed by atoms with Crippen molar-refractivity contribution in [2.75, 3.05) is 27.4 Å². The first-order valence-electron chi connectivity index (χ1n) is 6.38. The van der Waals surface area contributed by atoms with E-state index in [4.69, 9.17) is 14.6 Å². The zero-order valence-electron chi connectivity index (χ0n) is 11.7. The number of methoxy groups -OCH3 is 2. The van der Waals surface area contributed by atoms with Gasteiger partial charge in [0.05, 0.1) is 20.3 Å². The van der Waals surface area contributed by atoms with Crippen molar-refractivity contribution in [3.63, 3.8) is 0 Å². The van der Waals surface area contributed by atoms with Crippen LogP contribution in [0.4, 0.5) is 0 Å². The lowest BCUT2D eigenvalue weighted by atomic mass is 10.0. The Morgan fingerprint density at radius 1 is 1.26 bits per heavy atom. The van der Waals surface area contributed by atoms with E-state index in [1.165, 1.54) is 0 Å². The van der Waals surface area contributed by atoms with E-state index >= 15 is 0 Å². The zero-order valence-corrected chi connectivity index (χ0v) is 11.7. The molecule has 19 heavy (non-hydrogen) atoms. The summed E-state index contributed by atoms with van der Waals surface area (Å²) in [6.07, 6.45) is -0.0458. The number of hydrogen-bond donors (Lipinski definition) is 3. The number of nitrogens with one attached hydrogen (secondary N) is 1. The van der Waals surface area contributed by atoms with Gasteiger partial charge < -0.3 is 25.0 Å². The molecule has 0 saturated carbocycles. The summed E-state index contributed by atoms with van der Waals surface area (Å²) in [5.41, 5.74) is 0.686. The number of hydrogen-bond acceptors (Lipinski definition) is 5. The predicted octanol–water partition coefficient (Wildman–Crippen LogP) is 1.10. The molecule has 0 spiro atoms. The lowest BCUT2D eigenvalue weighted by Crippen LogP contribution is -2.33. The van der Waals surface area contributed by atoms with E-state index in [0.717, 1.165) is 0 Å². The second-order valence-corrected chi connectivity index (χ2v) is 4.37. The Balaban J connectivity index is 2.81. The van der Waals surface area contributed by atoms with Crippen LogP contribution in [0.5, 0.6) is 11.5 Å². The minimum atomic E-state index is -0.705. The van der Waals surface area contributed by atoms with Gasteiger partial charge in [-0.25, -0.2) is 0 Å². The maximum atomic E-state index is 10.4. The van der Waals surface area contributed by atoms with Crippen molar-refractivity contribution in [3.8, 4) is 11.5 Å². The third-order valence-electron chi connectivity index (χ3n) is 3.03. The van der Waals surface area contributed by atoms with E-state index in [-0.39, 0.29) is 12.6 Å². The Labute approximate surface area is 114 Å². The molecule has 0 aliphatic heterocycles. The second-order valence-electron chi connectivity index (χ2n) is 4.37. The molecule has 3 N–H and O–H groups in total. The molecule has 0 saturated heterocycles. The molecule has 0 fully saturated rings. The quantitative estimate of drug-likeness (QED) is 0.616. The fourth-order valence-electron chi connectivity index (χ4n) is 1.86. The van der Waals surface area contributed by atoms with Gasteiger partial charge in [0.15, 0.2) is 0 Å². The fraction of sp³-hybridized carbons (Fsp3) is 0.571. The molecule has 2 atom stereocenters. The van der Waals surface area contributed by atoms with Crippen LogP contribution in [0.2, 0.25) is 0 Å². The van der Waals surface area contributed by atoms with Gasteiger partial charge in [0.2, 0.25) is 0 Å². The maximum Gasteiger partial charge on any atom is 0.124 e. The van der Waals surface area contributed by atoms with Crippen molar-refractivity contribution < 1.29 is 19.7 Å². The maximum absolute atomic E-state index is 10.4. The van der Waals surface area contributed by atoms with Crippen molar-refractivity contribution in [2.24, 2.45) is 0 Å². The number of aliphatic hydroxyl groups is 2. The number of benzene rings is 1. The van der Waals surface area contributed by atoms with Crippen LogP contribution in [0.25, 0.3) is 0 Å². The Bertz CT molecular complexity index is 384. The molecule has 5 nitrogen and oxygen atoms in total. The molecule has 5 heteroatoms. The molecule has 0 aliphatic carbocycles. The number of rotatable bonds is 8. The van der Waals surface area contributed by atoms with Crippen molar-refractivity contribution in [1.82, 2.24) is 5.32 Å². The smallest absolute Gasteiger partial charge is 0.124 e. The Hall–Kier alpha value is -1.30. The number of ether oxygens (including phenoxy) is 2. The van der Waals surface area contributed by atoms with Crippen LogP contribution in [0.3, 0.4) is 0 Å². The lowest BCUT2D eigenvalue weighted by molar-refractivity contribution is 0.131. The average Bonchev–Trinajstić information content (AvgIpc) is 2.45. The molecular weight excluding hydrogens is 246 g/mol. The molecule has 108 valence electrons. The normalized spacial score (nSPS) is 13.9. The van der Waals surface area contributed by atoms with Crippen molar-refractivity contribution in [2.45, 2.75) is 25.5 Å². The highest BCUT2D eigenvalue weighted by Crippen LogP contribution is 2.30. The van der Waals surface area contributed by atoms with E-state index < -0.39 is 6.10 Å². The summed E-state index contributed by atoms with van der Waals surface area (Å²) in [5.74, 6) is 1.31. The molecule has 0 bridgehead atoms. The standard InChI is InChI=1S/C14H23NO4/c1-10(15-7-4-8-16)14(17)12-9-11(18-2)5-6-13(12)19-3/h5-6,9-10,14-17H,4,7-8H2,1-3H3. The van der Waals surface area contributed by atoms with Gasteiger partial charge in [0.25, 0.3) is 0 Å². The van der Waals surface area contributed by atoms with Gasteiger partial charge in [-0.05, 0) is 38.1 Å². The van der Waals surface area contributed by atoms with Gasteiger partial charge in [-0.1, -0.05) is 0 Å². The van der Waals surface area contributed by atoms with Crippen LogP contribution in [0.15, 0.2) is 18.2 Å². The summed E-state index contributed by atoms with van der Waals surface area (Å²) in [6, 6.07) is 5.19. The van der Waals surface area contributed by atoms with Gasteiger partial charge in [0.1, 0.15) is 11.5 Å². The first kappa shape index (κ1) is 15.8. The monoisotopic (exact) mass is 269 g/mol. The average molecular weight is 269 g/mol. The molecular formula is C14H23NO4.